The summed E-state index contributed by atoms with van der Waals surface area (Å²) in [7, 11) is 1.29. The van der Waals surface area contributed by atoms with Gasteiger partial charge in [0.2, 0.25) is 0 Å². The van der Waals surface area contributed by atoms with Crippen molar-refractivity contribution in [2.24, 2.45) is 0 Å². The number of nitrogens with one attached hydrogen (secondary N) is 1. The highest BCUT2D eigenvalue weighted by molar-refractivity contribution is 6.00. The zero-order valence-corrected chi connectivity index (χ0v) is 17.9. The van der Waals surface area contributed by atoms with Gasteiger partial charge in [0.05, 0.1) is 29.4 Å². The number of hydrogen-bond acceptors (Lipinski definition) is 6. The van der Waals surface area contributed by atoms with Gasteiger partial charge in [-0.2, -0.15) is 0 Å². The van der Waals surface area contributed by atoms with Gasteiger partial charge in [-0.05, 0) is 49.6 Å². The summed E-state index contributed by atoms with van der Waals surface area (Å²) in [6.07, 6.45) is 0.557. The van der Waals surface area contributed by atoms with Gasteiger partial charge in [-0.15, -0.1) is 0 Å². The fourth-order valence-electron chi connectivity index (χ4n) is 3.36. The number of aromatic nitrogens is 1. The van der Waals surface area contributed by atoms with Gasteiger partial charge in [-0.3, -0.25) is 9.78 Å². The third kappa shape index (κ3) is 4.71. The number of pyridine rings is 1. The molecule has 160 valence electrons. The molecule has 2 aromatic carbocycles. The number of amides is 1. The van der Waals surface area contributed by atoms with E-state index in [-0.39, 0.29) is 0 Å². The Labute approximate surface area is 180 Å². The molecular weight excluding hydrogens is 396 g/mol. The van der Waals surface area contributed by atoms with Crippen LogP contribution in [-0.4, -0.2) is 36.5 Å². The first-order valence-electron chi connectivity index (χ1n) is 9.89. The van der Waals surface area contributed by atoms with Crippen molar-refractivity contribution in [1.82, 2.24) is 4.98 Å². The summed E-state index contributed by atoms with van der Waals surface area (Å²) in [6, 6.07) is 12.4. The molecule has 0 aliphatic rings. The molecule has 0 bridgehead atoms. The fraction of sp³-hybridized carbons (Fsp3) is 0.250. The van der Waals surface area contributed by atoms with Gasteiger partial charge in [-0.1, -0.05) is 31.2 Å². The van der Waals surface area contributed by atoms with Crippen LogP contribution in [0.3, 0.4) is 0 Å². The van der Waals surface area contributed by atoms with Gasteiger partial charge in [0.1, 0.15) is 0 Å². The number of benzene rings is 2. The number of hydrogen-bond donors (Lipinski definition) is 1. The van der Waals surface area contributed by atoms with Crippen LogP contribution in [0.5, 0.6) is 0 Å². The molecular formula is C24H24N2O5. The van der Waals surface area contributed by atoms with E-state index >= 15 is 0 Å². The Morgan fingerprint density at radius 2 is 1.77 bits per heavy atom. The molecule has 31 heavy (non-hydrogen) atoms. The Hall–Kier alpha value is -3.74. The van der Waals surface area contributed by atoms with Gasteiger partial charge in [0, 0.05) is 11.1 Å². The lowest BCUT2D eigenvalue weighted by Crippen LogP contribution is -2.22. The Morgan fingerprint density at radius 3 is 2.48 bits per heavy atom. The van der Waals surface area contributed by atoms with Crippen molar-refractivity contribution in [3.63, 3.8) is 0 Å². The highest BCUT2D eigenvalue weighted by atomic mass is 16.5. The number of rotatable bonds is 6. The van der Waals surface area contributed by atoms with E-state index in [4.69, 9.17) is 9.47 Å². The zero-order chi connectivity index (χ0) is 22.5. The van der Waals surface area contributed by atoms with Gasteiger partial charge in [0.25, 0.3) is 5.91 Å². The number of ether oxygens (including phenoxy) is 2. The molecule has 0 fully saturated rings. The van der Waals surface area contributed by atoms with Crippen molar-refractivity contribution < 1.29 is 23.9 Å². The lowest BCUT2D eigenvalue weighted by Gasteiger charge is -2.14. The molecule has 7 heteroatoms. The maximum atomic E-state index is 12.8. The number of methoxy groups -OCH3 is 1. The van der Waals surface area contributed by atoms with Crippen molar-refractivity contribution in [3.8, 4) is 0 Å². The minimum atomic E-state index is -0.595. The van der Waals surface area contributed by atoms with E-state index < -0.39 is 24.5 Å². The van der Waals surface area contributed by atoms with Crippen LogP contribution in [-0.2, 0) is 20.7 Å². The number of aryl methyl sites for hydroxylation is 3. The van der Waals surface area contributed by atoms with E-state index in [1.165, 1.54) is 13.2 Å². The quantitative estimate of drug-likeness (QED) is 0.606. The van der Waals surface area contributed by atoms with Crippen LogP contribution in [0, 0.1) is 13.8 Å². The minimum absolute atomic E-state index is 0.311. The minimum Gasteiger partial charge on any atom is -0.465 e. The maximum absolute atomic E-state index is 12.8. The SMILES string of the molecule is CCc1nc2ccccc2c(C)c1C(=O)OCC(=O)Nc1cc(C(=O)OC)ccc1C. The first-order chi connectivity index (χ1) is 14.8. The van der Waals surface area contributed by atoms with E-state index in [2.05, 4.69) is 10.3 Å². The number of carbonyl (C=O) groups is 3. The van der Waals surface area contributed by atoms with Crippen LogP contribution in [0.4, 0.5) is 5.69 Å². The lowest BCUT2D eigenvalue weighted by molar-refractivity contribution is -0.119. The summed E-state index contributed by atoms with van der Waals surface area (Å²) in [5.74, 6) is -1.61. The van der Waals surface area contributed by atoms with Crippen molar-refractivity contribution in [1.29, 1.82) is 0 Å². The molecule has 0 aliphatic carbocycles. The standard InChI is InChI=1S/C24H24N2O5/c1-5-18-22(15(3)17-8-6-7-9-19(17)25-18)24(29)31-13-21(27)26-20-12-16(23(28)30-4)11-10-14(20)2/h6-12H,5,13H2,1-4H3,(H,26,27). The number of para-hydroxylation sites is 1. The first kappa shape index (κ1) is 22.0. The van der Waals surface area contributed by atoms with Crippen molar-refractivity contribution in [2.45, 2.75) is 27.2 Å². The predicted molar refractivity (Wildman–Crippen MR) is 117 cm³/mol. The second kappa shape index (κ2) is 9.38. The van der Waals surface area contributed by atoms with E-state index in [0.717, 1.165) is 22.0 Å². The third-order valence-corrected chi connectivity index (χ3v) is 5.03. The molecule has 0 atom stereocenters. The summed E-state index contributed by atoms with van der Waals surface area (Å²) in [6.45, 7) is 5.09. The topological polar surface area (TPSA) is 94.6 Å². The van der Waals surface area contributed by atoms with Crippen molar-refractivity contribution >= 4 is 34.4 Å². The highest BCUT2D eigenvalue weighted by Crippen LogP contribution is 2.24. The number of carbonyl (C=O) groups excluding carboxylic acids is 3. The molecule has 0 saturated carbocycles. The molecule has 0 spiro atoms. The Balaban J connectivity index is 1.75. The molecule has 0 aliphatic heterocycles. The second-order valence-electron chi connectivity index (χ2n) is 7.07. The molecule has 3 aromatic rings. The molecule has 1 amide bonds. The predicted octanol–water partition coefficient (Wildman–Crippen LogP) is 4.00. The van der Waals surface area contributed by atoms with E-state index in [9.17, 15) is 14.4 Å². The zero-order valence-electron chi connectivity index (χ0n) is 17.9. The molecule has 0 radical (unpaired) electrons. The summed E-state index contributed by atoms with van der Waals surface area (Å²) >= 11 is 0. The van der Waals surface area contributed by atoms with Gasteiger partial charge >= 0.3 is 11.9 Å². The Bertz CT molecular complexity index is 1170. The van der Waals surface area contributed by atoms with Crippen LogP contribution in [0.15, 0.2) is 42.5 Å². The number of fused-ring (bicyclic) bond motifs is 1. The largest absolute Gasteiger partial charge is 0.465 e. The maximum Gasteiger partial charge on any atom is 0.340 e. The average Bonchev–Trinajstić information content (AvgIpc) is 2.78. The van der Waals surface area contributed by atoms with Crippen LogP contribution in [0.25, 0.3) is 10.9 Å². The Kier molecular flexibility index (Phi) is 6.65. The van der Waals surface area contributed by atoms with Crippen LogP contribution in [0.2, 0.25) is 0 Å². The van der Waals surface area contributed by atoms with E-state index in [1.54, 1.807) is 19.1 Å². The molecule has 1 aromatic heterocycles. The first-order valence-corrected chi connectivity index (χ1v) is 9.89. The summed E-state index contributed by atoms with van der Waals surface area (Å²) in [4.78, 5) is 41.5. The van der Waals surface area contributed by atoms with Gasteiger partial charge < -0.3 is 14.8 Å². The average molecular weight is 420 g/mol. The highest BCUT2D eigenvalue weighted by Gasteiger charge is 2.20. The molecule has 1 N–H and O–H groups in total. The van der Waals surface area contributed by atoms with Crippen LogP contribution >= 0.6 is 0 Å². The van der Waals surface area contributed by atoms with E-state index in [1.807, 2.05) is 38.1 Å². The monoisotopic (exact) mass is 420 g/mol. The molecule has 0 saturated heterocycles. The second-order valence-corrected chi connectivity index (χ2v) is 7.07. The third-order valence-electron chi connectivity index (χ3n) is 5.03. The van der Waals surface area contributed by atoms with Crippen LogP contribution in [0.1, 0.15) is 44.5 Å². The fourth-order valence-corrected chi connectivity index (χ4v) is 3.36. The van der Waals surface area contributed by atoms with Gasteiger partial charge in [0.15, 0.2) is 6.61 Å². The lowest BCUT2D eigenvalue weighted by atomic mass is 10.0. The van der Waals surface area contributed by atoms with E-state index in [0.29, 0.717) is 28.9 Å². The normalized spacial score (nSPS) is 10.6. The number of nitrogens with zero attached hydrogens (tertiary/aromatic N) is 1. The molecule has 1 heterocycles. The number of esters is 2. The van der Waals surface area contributed by atoms with Crippen molar-refractivity contribution in [3.05, 3.63) is 70.4 Å². The van der Waals surface area contributed by atoms with Crippen molar-refractivity contribution in [2.75, 3.05) is 19.0 Å². The molecule has 7 nitrogen and oxygen atoms in total. The van der Waals surface area contributed by atoms with Crippen LogP contribution < -0.4 is 5.32 Å². The Morgan fingerprint density at radius 1 is 1.03 bits per heavy atom. The van der Waals surface area contributed by atoms with Gasteiger partial charge in [-0.25, -0.2) is 9.59 Å². The molecule has 3 rings (SSSR count). The molecule has 0 unspecified atom stereocenters. The summed E-state index contributed by atoms with van der Waals surface area (Å²) in [5.41, 5.74) is 4.12. The smallest absolute Gasteiger partial charge is 0.340 e. The number of anilines is 1. The summed E-state index contributed by atoms with van der Waals surface area (Å²) in [5, 5.41) is 3.54. The summed E-state index contributed by atoms with van der Waals surface area (Å²) < 4.78 is 9.99.